The number of hydrogen-bond acceptors (Lipinski definition) is 6. The highest BCUT2D eigenvalue weighted by Crippen LogP contribution is 2.73. The molecule has 9 atom stereocenters. The van der Waals surface area contributed by atoms with Gasteiger partial charge in [0.25, 0.3) is 0 Å². The van der Waals surface area contributed by atoms with Crippen LogP contribution in [0.3, 0.4) is 0 Å². The van der Waals surface area contributed by atoms with Crippen molar-refractivity contribution >= 4 is 11.6 Å². The third-order valence-corrected chi connectivity index (χ3v) is 11.1. The monoisotopic (exact) mass is 468 g/mol. The first-order chi connectivity index (χ1) is 15.7. The predicted octanol–water partition coefficient (Wildman–Crippen LogP) is 3.42. The Labute approximate surface area is 201 Å². The minimum absolute atomic E-state index is 0.0783. The molecule has 6 aliphatic rings. The highest BCUT2D eigenvalue weighted by Gasteiger charge is 2.78. The van der Waals surface area contributed by atoms with E-state index in [0.29, 0.717) is 30.4 Å². The molecule has 1 spiro atoms. The average Bonchev–Trinajstić information content (AvgIpc) is 3.09. The summed E-state index contributed by atoms with van der Waals surface area (Å²) < 4.78 is 13.7. The van der Waals surface area contributed by atoms with Crippen LogP contribution in [0.25, 0.3) is 0 Å². The molecule has 2 N–H and O–H groups in total. The summed E-state index contributed by atoms with van der Waals surface area (Å²) in [5, 5.41) is 23.9. The molecular formula is C28H36O6. The van der Waals surface area contributed by atoms with Crippen LogP contribution in [-0.4, -0.2) is 50.5 Å². The largest absolute Gasteiger partial charge is 0.387 e. The number of allylic oxidation sites excluding steroid dienone is 2. The average molecular weight is 469 g/mol. The number of ketones is 2. The van der Waals surface area contributed by atoms with Gasteiger partial charge in [0.2, 0.25) is 0 Å². The third-order valence-electron chi connectivity index (χ3n) is 11.1. The second-order valence-electron chi connectivity index (χ2n) is 12.7. The molecule has 6 rings (SSSR count). The van der Waals surface area contributed by atoms with Crippen molar-refractivity contribution in [2.45, 2.75) is 95.9 Å². The summed E-state index contributed by atoms with van der Waals surface area (Å²) >= 11 is 0. The van der Waals surface area contributed by atoms with Gasteiger partial charge in [-0.3, -0.25) is 9.59 Å². The Hall–Kier alpha value is -1.60. The summed E-state index contributed by atoms with van der Waals surface area (Å²) in [6, 6.07) is 0. The van der Waals surface area contributed by atoms with Crippen LogP contribution < -0.4 is 0 Å². The van der Waals surface area contributed by atoms with Crippen molar-refractivity contribution in [3.8, 4) is 0 Å². The Morgan fingerprint density at radius 3 is 2.32 bits per heavy atom. The minimum Gasteiger partial charge on any atom is -0.387 e. The quantitative estimate of drug-likeness (QED) is 0.529. The fraction of sp³-hybridized carbons (Fsp3) is 0.714. The first-order valence-electron chi connectivity index (χ1n) is 12.7. The molecule has 0 amide bonds. The lowest BCUT2D eigenvalue weighted by Gasteiger charge is -2.65. The van der Waals surface area contributed by atoms with E-state index in [1.807, 2.05) is 33.8 Å². The SMILES string of the molecule is C[C@@H]1[C@@H](O)[C@@]2(OC1(C)C)O[C@]13CC[C@H]([C@@H]2C)[C@@]1(C)C=C[C@@]1(O)C3=CC(=O)C2=CC(=O)CC[C@@]21C. The maximum atomic E-state index is 13.5. The number of aliphatic hydroxyl groups excluding tert-OH is 1. The van der Waals surface area contributed by atoms with Crippen molar-refractivity contribution in [3.63, 3.8) is 0 Å². The molecule has 0 aromatic rings. The summed E-state index contributed by atoms with van der Waals surface area (Å²) in [4.78, 5) is 25.6. The number of carbonyl (C=O) groups is 2. The molecule has 6 heteroatoms. The van der Waals surface area contributed by atoms with E-state index < -0.39 is 39.5 Å². The molecule has 6 nitrogen and oxygen atoms in total. The van der Waals surface area contributed by atoms with Gasteiger partial charge < -0.3 is 19.7 Å². The van der Waals surface area contributed by atoms with Gasteiger partial charge in [-0.1, -0.05) is 39.8 Å². The third kappa shape index (κ3) is 2.20. The molecular weight excluding hydrogens is 432 g/mol. The van der Waals surface area contributed by atoms with Crippen LogP contribution in [0.1, 0.15) is 67.2 Å². The second-order valence-corrected chi connectivity index (χ2v) is 12.7. The number of rotatable bonds is 0. The number of carbonyl (C=O) groups excluding carboxylic acids is 2. The predicted molar refractivity (Wildman–Crippen MR) is 124 cm³/mol. The van der Waals surface area contributed by atoms with Crippen molar-refractivity contribution < 1.29 is 29.3 Å². The van der Waals surface area contributed by atoms with E-state index in [9.17, 15) is 19.8 Å². The number of ether oxygens (including phenoxy) is 2. The standard InChI is InChI=1S/C28H36O6/c1-15-18-8-10-27(34-28(15)22(31)16(2)23(3,4)33-28)21-14-20(30)19-13-17(29)7-9-24(19,5)26(21,32)12-11-25(18,27)6/h11-16,18,22,31-32H,7-10H2,1-6H3/t15-,16+,18+,22+,24-,25+,26+,27-,28-/m0/s1. The van der Waals surface area contributed by atoms with Crippen molar-refractivity contribution in [2.24, 2.45) is 28.6 Å². The Morgan fingerprint density at radius 2 is 1.68 bits per heavy atom. The maximum Gasteiger partial charge on any atom is 0.199 e. The van der Waals surface area contributed by atoms with E-state index in [1.54, 1.807) is 0 Å². The summed E-state index contributed by atoms with van der Waals surface area (Å²) in [6.07, 6.45) is 8.22. The van der Waals surface area contributed by atoms with Crippen LogP contribution >= 0.6 is 0 Å². The van der Waals surface area contributed by atoms with Gasteiger partial charge in [-0.25, -0.2) is 0 Å². The molecule has 0 unspecified atom stereocenters. The summed E-state index contributed by atoms with van der Waals surface area (Å²) in [6.45, 7) is 12.1. The highest BCUT2D eigenvalue weighted by molar-refractivity contribution is 6.12. The first-order valence-corrected chi connectivity index (χ1v) is 12.7. The zero-order valence-electron chi connectivity index (χ0n) is 21.0. The number of aliphatic hydroxyl groups is 2. The van der Waals surface area contributed by atoms with Crippen LogP contribution in [0.15, 0.2) is 35.5 Å². The smallest absolute Gasteiger partial charge is 0.199 e. The minimum atomic E-state index is -1.46. The van der Waals surface area contributed by atoms with Gasteiger partial charge in [-0.2, -0.15) is 0 Å². The van der Waals surface area contributed by atoms with Crippen molar-refractivity contribution in [1.82, 2.24) is 0 Å². The second kappa shape index (κ2) is 6.20. The fourth-order valence-corrected chi connectivity index (χ4v) is 8.53. The van der Waals surface area contributed by atoms with E-state index in [4.69, 9.17) is 9.47 Å². The van der Waals surface area contributed by atoms with Gasteiger partial charge in [0, 0.05) is 40.2 Å². The van der Waals surface area contributed by atoms with Crippen molar-refractivity contribution in [1.29, 1.82) is 0 Å². The molecule has 2 saturated heterocycles. The topological polar surface area (TPSA) is 93.1 Å². The molecule has 0 aromatic heterocycles. The van der Waals surface area contributed by atoms with E-state index in [0.717, 1.165) is 6.42 Å². The van der Waals surface area contributed by atoms with Crippen molar-refractivity contribution in [2.75, 3.05) is 0 Å². The van der Waals surface area contributed by atoms with Gasteiger partial charge in [0.15, 0.2) is 17.4 Å². The molecule has 3 fully saturated rings. The molecule has 184 valence electrons. The Morgan fingerprint density at radius 1 is 0.971 bits per heavy atom. The zero-order chi connectivity index (χ0) is 24.7. The normalized spacial score (nSPS) is 54.9. The van der Waals surface area contributed by atoms with Gasteiger partial charge >= 0.3 is 0 Å². The summed E-state index contributed by atoms with van der Waals surface area (Å²) in [7, 11) is 0. The van der Waals surface area contributed by atoms with E-state index in [-0.39, 0.29) is 29.3 Å². The molecule has 4 aliphatic carbocycles. The molecule has 1 saturated carbocycles. The molecule has 0 aromatic carbocycles. The first kappa shape index (κ1) is 22.8. The Kier molecular flexibility index (Phi) is 4.17. The summed E-state index contributed by atoms with van der Waals surface area (Å²) in [5.41, 5.74) is -3.48. The van der Waals surface area contributed by atoms with Gasteiger partial charge in [-0.05, 0) is 51.2 Å². The highest BCUT2D eigenvalue weighted by atomic mass is 16.7. The van der Waals surface area contributed by atoms with Crippen LogP contribution in [0.5, 0.6) is 0 Å². The van der Waals surface area contributed by atoms with Crippen LogP contribution in [0.4, 0.5) is 0 Å². The maximum absolute atomic E-state index is 13.5. The molecule has 2 aliphatic heterocycles. The Balaban J connectivity index is 1.59. The number of hydrogen-bond donors (Lipinski definition) is 2. The molecule has 0 radical (unpaired) electrons. The molecule has 2 bridgehead atoms. The van der Waals surface area contributed by atoms with Gasteiger partial charge in [0.05, 0.1) is 5.60 Å². The van der Waals surface area contributed by atoms with E-state index in [2.05, 4.69) is 19.9 Å². The van der Waals surface area contributed by atoms with Crippen LogP contribution in [-0.2, 0) is 19.1 Å². The lowest BCUT2D eigenvalue weighted by atomic mass is 9.47. The fourth-order valence-electron chi connectivity index (χ4n) is 8.53. The molecule has 2 heterocycles. The number of fused-ring (bicyclic) bond motifs is 3. The van der Waals surface area contributed by atoms with E-state index in [1.165, 1.54) is 12.2 Å². The van der Waals surface area contributed by atoms with Gasteiger partial charge in [-0.15, -0.1) is 0 Å². The summed E-state index contributed by atoms with van der Waals surface area (Å²) in [5.74, 6) is -1.62. The zero-order valence-corrected chi connectivity index (χ0v) is 21.0. The van der Waals surface area contributed by atoms with E-state index >= 15 is 0 Å². The molecule has 34 heavy (non-hydrogen) atoms. The van der Waals surface area contributed by atoms with Crippen LogP contribution in [0, 0.1) is 28.6 Å². The van der Waals surface area contributed by atoms with Crippen LogP contribution in [0.2, 0.25) is 0 Å². The lowest BCUT2D eigenvalue weighted by molar-refractivity contribution is -0.373. The Bertz CT molecular complexity index is 1120. The van der Waals surface area contributed by atoms with Gasteiger partial charge in [0.1, 0.15) is 17.3 Å². The van der Waals surface area contributed by atoms with Crippen molar-refractivity contribution in [3.05, 3.63) is 35.5 Å². The lowest BCUT2D eigenvalue weighted by Crippen LogP contribution is -2.71.